The lowest BCUT2D eigenvalue weighted by atomic mass is 10.0. The number of fused-ring (bicyclic) bond motifs is 1. The highest BCUT2D eigenvalue weighted by Crippen LogP contribution is 2.33. The Kier molecular flexibility index (Phi) is 2.28. The standard InChI is InChI=1S/C9H9BrClN/c10-8-5-7(11)4-6-2-1-3-12-9(6)8/h4-5,12H,1-3H2. The highest BCUT2D eigenvalue weighted by molar-refractivity contribution is 9.10. The summed E-state index contributed by atoms with van der Waals surface area (Å²) in [5.41, 5.74) is 2.53. The van der Waals surface area contributed by atoms with Gasteiger partial charge >= 0.3 is 0 Å². The summed E-state index contributed by atoms with van der Waals surface area (Å²) in [5.74, 6) is 0. The molecule has 12 heavy (non-hydrogen) atoms. The number of nitrogens with one attached hydrogen (secondary N) is 1. The SMILES string of the molecule is Clc1cc(Br)c2c(c1)CCCN2. The molecule has 0 saturated carbocycles. The number of hydrogen-bond donors (Lipinski definition) is 1. The molecule has 1 N–H and O–H groups in total. The zero-order valence-corrected chi connectivity index (χ0v) is 8.87. The van der Waals surface area contributed by atoms with Gasteiger partial charge in [-0.25, -0.2) is 0 Å². The van der Waals surface area contributed by atoms with E-state index in [1.54, 1.807) is 0 Å². The fraction of sp³-hybridized carbons (Fsp3) is 0.333. The van der Waals surface area contributed by atoms with Gasteiger partial charge in [-0.15, -0.1) is 0 Å². The van der Waals surface area contributed by atoms with Gasteiger partial charge in [0.05, 0.1) is 5.69 Å². The van der Waals surface area contributed by atoms with E-state index in [9.17, 15) is 0 Å². The molecular weight excluding hydrogens is 237 g/mol. The fourth-order valence-corrected chi connectivity index (χ4v) is 2.53. The van der Waals surface area contributed by atoms with Crippen LogP contribution in [-0.2, 0) is 6.42 Å². The molecule has 64 valence electrons. The summed E-state index contributed by atoms with van der Waals surface area (Å²) >= 11 is 9.41. The topological polar surface area (TPSA) is 12.0 Å². The number of anilines is 1. The van der Waals surface area contributed by atoms with Gasteiger partial charge in [0, 0.05) is 16.0 Å². The quantitative estimate of drug-likeness (QED) is 0.739. The van der Waals surface area contributed by atoms with Crippen LogP contribution in [0.4, 0.5) is 5.69 Å². The monoisotopic (exact) mass is 245 g/mol. The summed E-state index contributed by atoms with van der Waals surface area (Å²) < 4.78 is 1.07. The van der Waals surface area contributed by atoms with Crippen LogP contribution in [0.1, 0.15) is 12.0 Å². The van der Waals surface area contributed by atoms with Crippen molar-refractivity contribution in [2.45, 2.75) is 12.8 Å². The van der Waals surface area contributed by atoms with Crippen molar-refractivity contribution in [1.29, 1.82) is 0 Å². The van der Waals surface area contributed by atoms with Crippen LogP contribution in [0.25, 0.3) is 0 Å². The van der Waals surface area contributed by atoms with Crippen LogP contribution in [0.5, 0.6) is 0 Å². The largest absolute Gasteiger partial charge is 0.384 e. The highest BCUT2D eigenvalue weighted by atomic mass is 79.9. The van der Waals surface area contributed by atoms with Gasteiger partial charge < -0.3 is 5.32 Å². The van der Waals surface area contributed by atoms with E-state index in [1.165, 1.54) is 17.7 Å². The van der Waals surface area contributed by atoms with Crippen molar-refractivity contribution < 1.29 is 0 Å². The molecule has 0 aromatic heterocycles. The van der Waals surface area contributed by atoms with Gasteiger partial charge in [0.2, 0.25) is 0 Å². The van der Waals surface area contributed by atoms with Crippen molar-refractivity contribution in [2.24, 2.45) is 0 Å². The van der Waals surface area contributed by atoms with E-state index in [-0.39, 0.29) is 0 Å². The van der Waals surface area contributed by atoms with Gasteiger partial charge in [-0.05, 0) is 46.5 Å². The molecule has 1 aliphatic rings. The third-order valence-corrected chi connectivity index (χ3v) is 2.90. The second-order valence-corrected chi connectivity index (χ2v) is 4.24. The van der Waals surface area contributed by atoms with Crippen molar-refractivity contribution in [1.82, 2.24) is 0 Å². The summed E-state index contributed by atoms with van der Waals surface area (Å²) in [5, 5.41) is 4.16. The third kappa shape index (κ3) is 1.46. The van der Waals surface area contributed by atoms with E-state index in [2.05, 4.69) is 21.2 Å². The molecule has 0 fully saturated rings. The molecular formula is C9H9BrClN. The Hall–Kier alpha value is -0.210. The molecule has 1 aliphatic heterocycles. The summed E-state index contributed by atoms with van der Waals surface area (Å²) in [7, 11) is 0. The smallest absolute Gasteiger partial charge is 0.0518 e. The molecule has 2 rings (SSSR count). The lowest BCUT2D eigenvalue weighted by Crippen LogP contribution is -2.11. The van der Waals surface area contributed by atoms with Crippen molar-refractivity contribution >= 4 is 33.2 Å². The Morgan fingerprint density at radius 3 is 3.08 bits per heavy atom. The first-order valence-electron chi connectivity index (χ1n) is 3.99. The normalized spacial score (nSPS) is 15.2. The van der Waals surface area contributed by atoms with Gasteiger partial charge in [0.1, 0.15) is 0 Å². The summed E-state index contributed by atoms with van der Waals surface area (Å²) in [6, 6.07) is 3.96. The van der Waals surface area contributed by atoms with Crippen LogP contribution < -0.4 is 5.32 Å². The fourth-order valence-electron chi connectivity index (χ4n) is 1.51. The summed E-state index contributed by atoms with van der Waals surface area (Å²) in [4.78, 5) is 0. The van der Waals surface area contributed by atoms with Gasteiger partial charge in [-0.1, -0.05) is 11.6 Å². The summed E-state index contributed by atoms with van der Waals surface area (Å²) in [6.07, 6.45) is 2.32. The number of aryl methyl sites for hydroxylation is 1. The second kappa shape index (κ2) is 3.27. The van der Waals surface area contributed by atoms with Crippen LogP contribution in [0.3, 0.4) is 0 Å². The van der Waals surface area contributed by atoms with E-state index in [1.807, 2.05) is 12.1 Å². The van der Waals surface area contributed by atoms with Crippen LogP contribution in [0, 0.1) is 0 Å². The maximum Gasteiger partial charge on any atom is 0.0518 e. The lowest BCUT2D eigenvalue weighted by molar-refractivity contribution is 0.829. The van der Waals surface area contributed by atoms with Crippen molar-refractivity contribution in [3.8, 4) is 0 Å². The molecule has 3 heteroatoms. The first kappa shape index (κ1) is 8.39. The minimum Gasteiger partial charge on any atom is -0.384 e. The first-order chi connectivity index (χ1) is 5.77. The number of halogens is 2. The number of hydrogen-bond acceptors (Lipinski definition) is 1. The first-order valence-corrected chi connectivity index (χ1v) is 5.16. The predicted octanol–water partition coefficient (Wildman–Crippen LogP) is 3.46. The average molecular weight is 247 g/mol. The minimum atomic E-state index is 0.810. The van der Waals surface area contributed by atoms with Gasteiger partial charge in [0.25, 0.3) is 0 Å². The van der Waals surface area contributed by atoms with E-state index in [0.717, 1.165) is 22.5 Å². The Morgan fingerprint density at radius 1 is 1.42 bits per heavy atom. The van der Waals surface area contributed by atoms with Gasteiger partial charge in [-0.2, -0.15) is 0 Å². The van der Waals surface area contributed by atoms with Crippen molar-refractivity contribution in [3.63, 3.8) is 0 Å². The van der Waals surface area contributed by atoms with E-state index < -0.39 is 0 Å². The van der Waals surface area contributed by atoms with Crippen LogP contribution in [-0.4, -0.2) is 6.54 Å². The molecule has 1 aromatic carbocycles. The van der Waals surface area contributed by atoms with Gasteiger partial charge in [-0.3, -0.25) is 0 Å². The lowest BCUT2D eigenvalue weighted by Gasteiger charge is -2.19. The van der Waals surface area contributed by atoms with Crippen LogP contribution in [0.2, 0.25) is 5.02 Å². The van der Waals surface area contributed by atoms with Crippen molar-refractivity contribution in [2.75, 3.05) is 11.9 Å². The minimum absolute atomic E-state index is 0.810. The molecule has 0 saturated heterocycles. The molecule has 0 radical (unpaired) electrons. The Morgan fingerprint density at radius 2 is 2.25 bits per heavy atom. The molecule has 0 amide bonds. The Bertz CT molecular complexity index is 312. The predicted molar refractivity (Wildman–Crippen MR) is 56.0 cm³/mol. The second-order valence-electron chi connectivity index (χ2n) is 2.95. The average Bonchev–Trinajstić information content (AvgIpc) is 2.04. The highest BCUT2D eigenvalue weighted by Gasteiger charge is 2.11. The molecule has 0 atom stereocenters. The Labute approximate surface area is 85.2 Å². The maximum atomic E-state index is 5.92. The molecule has 1 nitrogen and oxygen atoms in total. The zero-order chi connectivity index (χ0) is 8.55. The third-order valence-electron chi connectivity index (χ3n) is 2.06. The van der Waals surface area contributed by atoms with E-state index in [0.29, 0.717) is 0 Å². The maximum absolute atomic E-state index is 5.92. The molecule has 0 spiro atoms. The zero-order valence-electron chi connectivity index (χ0n) is 6.53. The Balaban J connectivity index is 2.53. The summed E-state index contributed by atoms with van der Waals surface area (Å²) in [6.45, 7) is 1.06. The molecule has 0 unspecified atom stereocenters. The number of rotatable bonds is 0. The van der Waals surface area contributed by atoms with Crippen molar-refractivity contribution in [3.05, 3.63) is 27.2 Å². The molecule has 0 aliphatic carbocycles. The molecule has 1 aromatic rings. The van der Waals surface area contributed by atoms with Gasteiger partial charge in [0.15, 0.2) is 0 Å². The number of benzene rings is 1. The van der Waals surface area contributed by atoms with E-state index >= 15 is 0 Å². The van der Waals surface area contributed by atoms with Crippen LogP contribution >= 0.6 is 27.5 Å². The molecule has 1 heterocycles. The van der Waals surface area contributed by atoms with Crippen LogP contribution in [0.15, 0.2) is 16.6 Å². The molecule has 0 bridgehead atoms. The van der Waals surface area contributed by atoms with E-state index in [4.69, 9.17) is 11.6 Å².